The highest BCUT2D eigenvalue weighted by molar-refractivity contribution is 5.92. The van der Waals surface area contributed by atoms with E-state index in [1.807, 2.05) is 36.4 Å². The van der Waals surface area contributed by atoms with E-state index in [1.54, 1.807) is 17.4 Å². The zero-order valence-corrected chi connectivity index (χ0v) is 13.6. The number of rotatable bonds is 7. The zero-order chi connectivity index (χ0) is 16.8. The van der Waals surface area contributed by atoms with Crippen LogP contribution < -0.4 is 0 Å². The smallest absolute Gasteiger partial charge is 0.275 e. The monoisotopic (exact) mass is 324 g/mol. The van der Waals surface area contributed by atoms with Crippen LogP contribution in [0.5, 0.6) is 0 Å². The molecular formula is C18H20N4O2. The lowest BCUT2D eigenvalue weighted by atomic mass is 10.2. The van der Waals surface area contributed by atoms with Crippen molar-refractivity contribution in [3.8, 4) is 0 Å². The van der Waals surface area contributed by atoms with Crippen molar-refractivity contribution in [2.75, 3.05) is 0 Å². The molecule has 1 N–H and O–H groups in total. The van der Waals surface area contributed by atoms with Gasteiger partial charge in [0.2, 0.25) is 0 Å². The first-order chi connectivity index (χ1) is 11.8. The standard InChI is InChI=1S/C18H20N4O2/c1-2-6-14-11-17(21-20-14)18(23)22(13-16-8-5-10-24-16)12-15-7-3-4-9-19-15/h3-5,7-11H,2,6,12-13H2,1H3,(H,20,21). The number of amides is 1. The van der Waals surface area contributed by atoms with Gasteiger partial charge in [0.05, 0.1) is 25.0 Å². The third kappa shape index (κ3) is 3.90. The van der Waals surface area contributed by atoms with Gasteiger partial charge >= 0.3 is 0 Å². The van der Waals surface area contributed by atoms with Crippen LogP contribution in [0.2, 0.25) is 0 Å². The molecule has 0 fully saturated rings. The van der Waals surface area contributed by atoms with E-state index in [0.29, 0.717) is 18.8 Å². The molecule has 0 aliphatic heterocycles. The van der Waals surface area contributed by atoms with Gasteiger partial charge in [-0.25, -0.2) is 0 Å². The van der Waals surface area contributed by atoms with Gasteiger partial charge in [-0.1, -0.05) is 19.4 Å². The lowest BCUT2D eigenvalue weighted by Gasteiger charge is -2.20. The van der Waals surface area contributed by atoms with Crippen LogP contribution in [-0.4, -0.2) is 26.0 Å². The summed E-state index contributed by atoms with van der Waals surface area (Å²) in [6, 6.07) is 11.1. The highest BCUT2D eigenvalue weighted by Gasteiger charge is 2.20. The van der Waals surface area contributed by atoms with E-state index in [4.69, 9.17) is 4.42 Å². The van der Waals surface area contributed by atoms with E-state index in [0.717, 1.165) is 30.0 Å². The predicted molar refractivity (Wildman–Crippen MR) is 89.1 cm³/mol. The molecule has 0 saturated heterocycles. The van der Waals surface area contributed by atoms with Gasteiger partial charge in [0.25, 0.3) is 5.91 Å². The molecule has 3 aromatic heterocycles. The number of nitrogens with zero attached hydrogens (tertiary/aromatic N) is 3. The zero-order valence-electron chi connectivity index (χ0n) is 13.6. The van der Waals surface area contributed by atoms with Crippen LogP contribution >= 0.6 is 0 Å². The molecule has 24 heavy (non-hydrogen) atoms. The maximum atomic E-state index is 12.9. The highest BCUT2D eigenvalue weighted by Crippen LogP contribution is 2.14. The molecule has 3 aromatic rings. The summed E-state index contributed by atoms with van der Waals surface area (Å²) in [5.74, 6) is 0.583. The molecule has 6 heteroatoms. The van der Waals surface area contributed by atoms with E-state index < -0.39 is 0 Å². The molecule has 0 unspecified atom stereocenters. The van der Waals surface area contributed by atoms with Crippen molar-refractivity contribution in [2.45, 2.75) is 32.9 Å². The first-order valence-corrected chi connectivity index (χ1v) is 8.02. The van der Waals surface area contributed by atoms with Crippen molar-refractivity contribution in [1.29, 1.82) is 0 Å². The lowest BCUT2D eigenvalue weighted by Crippen LogP contribution is -2.30. The summed E-state index contributed by atoms with van der Waals surface area (Å²) in [7, 11) is 0. The second-order valence-electron chi connectivity index (χ2n) is 5.59. The van der Waals surface area contributed by atoms with Crippen LogP contribution in [0.1, 0.15) is 41.0 Å². The van der Waals surface area contributed by atoms with Crippen LogP contribution in [0.25, 0.3) is 0 Å². The molecule has 0 spiro atoms. The number of aromatic nitrogens is 3. The van der Waals surface area contributed by atoms with Crippen molar-refractivity contribution >= 4 is 5.91 Å². The molecule has 0 radical (unpaired) electrons. The molecule has 0 saturated carbocycles. The van der Waals surface area contributed by atoms with Crippen molar-refractivity contribution in [1.82, 2.24) is 20.1 Å². The van der Waals surface area contributed by atoms with Gasteiger partial charge < -0.3 is 9.32 Å². The summed E-state index contributed by atoms with van der Waals surface area (Å²) in [6.07, 6.45) is 5.20. The average molecular weight is 324 g/mol. The molecule has 0 aliphatic carbocycles. The van der Waals surface area contributed by atoms with Crippen molar-refractivity contribution in [3.63, 3.8) is 0 Å². The second-order valence-corrected chi connectivity index (χ2v) is 5.59. The minimum atomic E-state index is -0.143. The summed E-state index contributed by atoms with van der Waals surface area (Å²) < 4.78 is 5.39. The van der Waals surface area contributed by atoms with Crippen molar-refractivity contribution in [3.05, 3.63) is 71.7 Å². The number of furan rings is 1. The Labute approximate surface area is 140 Å². The summed E-state index contributed by atoms with van der Waals surface area (Å²) >= 11 is 0. The maximum absolute atomic E-state index is 12.9. The molecular weight excluding hydrogens is 304 g/mol. The first-order valence-electron chi connectivity index (χ1n) is 8.02. The Morgan fingerprint density at radius 1 is 1.25 bits per heavy atom. The quantitative estimate of drug-likeness (QED) is 0.724. The Balaban J connectivity index is 1.80. The van der Waals surface area contributed by atoms with Gasteiger partial charge in [0.15, 0.2) is 0 Å². The van der Waals surface area contributed by atoms with E-state index >= 15 is 0 Å². The number of hydrogen-bond acceptors (Lipinski definition) is 4. The van der Waals surface area contributed by atoms with Crippen LogP contribution in [0.4, 0.5) is 0 Å². The van der Waals surface area contributed by atoms with Crippen LogP contribution in [0, 0.1) is 0 Å². The highest BCUT2D eigenvalue weighted by atomic mass is 16.3. The number of pyridine rings is 1. The van der Waals surface area contributed by atoms with E-state index in [1.165, 1.54) is 0 Å². The van der Waals surface area contributed by atoms with Gasteiger partial charge in [-0.2, -0.15) is 5.10 Å². The van der Waals surface area contributed by atoms with E-state index in [9.17, 15) is 4.79 Å². The Hall–Kier alpha value is -2.89. The number of carbonyl (C=O) groups excluding carboxylic acids is 1. The minimum absolute atomic E-state index is 0.143. The second kappa shape index (κ2) is 7.59. The number of aromatic amines is 1. The molecule has 1 amide bonds. The van der Waals surface area contributed by atoms with E-state index in [-0.39, 0.29) is 5.91 Å². The topological polar surface area (TPSA) is 75.0 Å². The minimum Gasteiger partial charge on any atom is -0.467 e. The Kier molecular flexibility index (Phi) is 5.05. The molecule has 0 atom stereocenters. The fourth-order valence-corrected chi connectivity index (χ4v) is 2.51. The van der Waals surface area contributed by atoms with Gasteiger partial charge in [0.1, 0.15) is 11.5 Å². The van der Waals surface area contributed by atoms with E-state index in [2.05, 4.69) is 22.1 Å². The Morgan fingerprint density at radius 2 is 2.17 bits per heavy atom. The Bertz CT molecular complexity index is 765. The number of H-pyrrole nitrogens is 1. The summed E-state index contributed by atoms with van der Waals surface area (Å²) in [5.41, 5.74) is 2.21. The third-order valence-electron chi connectivity index (χ3n) is 3.66. The van der Waals surface area contributed by atoms with Gasteiger partial charge in [-0.3, -0.25) is 14.9 Å². The fraction of sp³-hybridized carbons (Fsp3) is 0.278. The van der Waals surface area contributed by atoms with Gasteiger partial charge in [0, 0.05) is 11.9 Å². The van der Waals surface area contributed by atoms with Crippen LogP contribution in [0.3, 0.4) is 0 Å². The number of aryl methyl sites for hydroxylation is 1. The first kappa shape index (κ1) is 16.0. The fourth-order valence-electron chi connectivity index (χ4n) is 2.51. The molecule has 0 aliphatic rings. The molecule has 124 valence electrons. The van der Waals surface area contributed by atoms with Gasteiger partial charge in [-0.15, -0.1) is 0 Å². The molecule has 0 bridgehead atoms. The lowest BCUT2D eigenvalue weighted by molar-refractivity contribution is 0.0709. The summed E-state index contributed by atoms with van der Waals surface area (Å²) in [4.78, 5) is 18.9. The maximum Gasteiger partial charge on any atom is 0.275 e. The molecule has 3 rings (SSSR count). The Morgan fingerprint density at radius 3 is 2.88 bits per heavy atom. The van der Waals surface area contributed by atoms with Crippen molar-refractivity contribution in [2.24, 2.45) is 0 Å². The number of carbonyl (C=O) groups is 1. The predicted octanol–water partition coefficient (Wildman–Crippen LogP) is 3.19. The largest absolute Gasteiger partial charge is 0.467 e. The summed E-state index contributed by atoms with van der Waals surface area (Å²) in [6.45, 7) is 2.86. The molecule has 0 aromatic carbocycles. The SMILES string of the molecule is CCCc1cc(C(=O)N(Cc2ccccn2)Cc2ccco2)n[nH]1. The van der Waals surface area contributed by atoms with Crippen LogP contribution in [0.15, 0.2) is 53.3 Å². The molecule has 3 heterocycles. The molecule has 6 nitrogen and oxygen atoms in total. The number of nitrogens with one attached hydrogen (secondary N) is 1. The van der Waals surface area contributed by atoms with Gasteiger partial charge in [-0.05, 0) is 36.8 Å². The third-order valence-corrected chi connectivity index (χ3v) is 3.66. The summed E-state index contributed by atoms with van der Waals surface area (Å²) in [5, 5.41) is 7.09. The number of hydrogen-bond donors (Lipinski definition) is 1. The van der Waals surface area contributed by atoms with Crippen LogP contribution in [-0.2, 0) is 19.5 Å². The van der Waals surface area contributed by atoms with Crippen molar-refractivity contribution < 1.29 is 9.21 Å². The normalized spacial score (nSPS) is 10.7. The average Bonchev–Trinajstić information content (AvgIpc) is 3.27.